The van der Waals surface area contributed by atoms with E-state index in [0.29, 0.717) is 32.7 Å². The molecule has 0 saturated carbocycles. The third-order valence-corrected chi connectivity index (χ3v) is 2.76. The second-order valence-electron chi connectivity index (χ2n) is 4.13. The van der Waals surface area contributed by atoms with Crippen LogP contribution in [-0.2, 0) is 14.3 Å². The second kappa shape index (κ2) is 7.06. The number of ether oxygens (including phenoxy) is 1. The number of hydrogen-bond acceptors (Lipinski definition) is 3. The van der Waals surface area contributed by atoms with Crippen molar-refractivity contribution in [1.82, 2.24) is 10.2 Å². The average molecular weight is 240 g/mol. The zero-order valence-corrected chi connectivity index (χ0v) is 10.3. The first-order chi connectivity index (χ1) is 8.19. The number of nitrogens with zero attached hydrogens (tertiary/aromatic N) is 1. The highest BCUT2D eigenvalue weighted by Crippen LogP contribution is 2.17. The van der Waals surface area contributed by atoms with Crippen molar-refractivity contribution in [2.45, 2.75) is 12.8 Å². The molecule has 1 aliphatic rings. The van der Waals surface area contributed by atoms with Crippen LogP contribution in [0, 0.1) is 5.92 Å². The van der Waals surface area contributed by atoms with Crippen molar-refractivity contribution < 1.29 is 14.3 Å². The number of likely N-dealkylation sites (tertiary alicyclic amines) is 1. The molecule has 0 spiro atoms. The van der Waals surface area contributed by atoms with Crippen molar-refractivity contribution in [2.75, 3.05) is 33.4 Å². The summed E-state index contributed by atoms with van der Waals surface area (Å²) in [5.74, 6) is -0.229. The van der Waals surface area contributed by atoms with Gasteiger partial charge in [0.25, 0.3) is 0 Å². The lowest BCUT2D eigenvalue weighted by Gasteiger charge is -2.13. The zero-order chi connectivity index (χ0) is 12.7. The lowest BCUT2D eigenvalue weighted by atomic mass is 10.1. The minimum absolute atomic E-state index is 0.0296. The molecule has 0 aromatic heterocycles. The molecule has 0 radical (unpaired) electrons. The molecule has 96 valence electrons. The van der Waals surface area contributed by atoms with Gasteiger partial charge >= 0.3 is 0 Å². The number of carbonyl (C=O) groups excluding carboxylic acids is 2. The minimum atomic E-state index is -0.218. The summed E-state index contributed by atoms with van der Waals surface area (Å²) in [4.78, 5) is 24.9. The first kappa shape index (κ1) is 13.7. The largest absolute Gasteiger partial charge is 0.385 e. The average Bonchev–Trinajstić information content (AvgIpc) is 2.67. The van der Waals surface area contributed by atoms with E-state index in [-0.39, 0.29) is 17.7 Å². The van der Waals surface area contributed by atoms with Gasteiger partial charge in [-0.3, -0.25) is 9.59 Å². The summed E-state index contributed by atoms with van der Waals surface area (Å²) in [6.45, 7) is 5.84. The van der Waals surface area contributed by atoms with E-state index in [9.17, 15) is 9.59 Å². The maximum atomic E-state index is 11.7. The van der Waals surface area contributed by atoms with E-state index < -0.39 is 0 Å². The van der Waals surface area contributed by atoms with Gasteiger partial charge in [0.15, 0.2) is 0 Å². The maximum absolute atomic E-state index is 11.7. The fraction of sp³-hybridized carbons (Fsp3) is 0.667. The molecular weight excluding hydrogens is 220 g/mol. The summed E-state index contributed by atoms with van der Waals surface area (Å²) in [7, 11) is 1.63. The van der Waals surface area contributed by atoms with Gasteiger partial charge in [0.05, 0.1) is 5.92 Å². The molecule has 1 N–H and O–H groups in total. The second-order valence-corrected chi connectivity index (χ2v) is 4.13. The van der Waals surface area contributed by atoms with Crippen LogP contribution in [0.3, 0.4) is 0 Å². The van der Waals surface area contributed by atoms with Gasteiger partial charge in [-0.1, -0.05) is 6.08 Å². The first-order valence-electron chi connectivity index (χ1n) is 5.84. The molecule has 2 amide bonds. The van der Waals surface area contributed by atoms with Crippen molar-refractivity contribution in [3.8, 4) is 0 Å². The van der Waals surface area contributed by atoms with Gasteiger partial charge in [0.1, 0.15) is 0 Å². The third-order valence-electron chi connectivity index (χ3n) is 2.76. The number of hydrogen-bond donors (Lipinski definition) is 1. The Hall–Kier alpha value is -1.36. The van der Waals surface area contributed by atoms with Crippen LogP contribution >= 0.6 is 0 Å². The van der Waals surface area contributed by atoms with E-state index in [4.69, 9.17) is 4.74 Å². The van der Waals surface area contributed by atoms with Crippen molar-refractivity contribution in [3.05, 3.63) is 12.7 Å². The number of methoxy groups -OCH3 is 1. The van der Waals surface area contributed by atoms with Gasteiger partial charge in [-0.05, 0) is 6.42 Å². The SMILES string of the molecule is C=CCN1CC(C(=O)NCCCOC)CC1=O. The molecule has 0 aromatic rings. The highest BCUT2D eigenvalue weighted by Gasteiger charge is 2.33. The van der Waals surface area contributed by atoms with Crippen LogP contribution in [-0.4, -0.2) is 50.1 Å². The van der Waals surface area contributed by atoms with Crippen LogP contribution in [0.15, 0.2) is 12.7 Å². The fourth-order valence-electron chi connectivity index (χ4n) is 1.85. The van der Waals surface area contributed by atoms with Crippen molar-refractivity contribution in [2.24, 2.45) is 5.92 Å². The molecule has 1 rings (SSSR count). The number of carbonyl (C=O) groups is 2. The Morgan fingerprint density at radius 2 is 2.47 bits per heavy atom. The molecule has 1 atom stereocenters. The molecule has 5 nitrogen and oxygen atoms in total. The van der Waals surface area contributed by atoms with E-state index in [0.717, 1.165) is 6.42 Å². The highest BCUT2D eigenvalue weighted by atomic mass is 16.5. The normalized spacial score (nSPS) is 19.5. The molecular formula is C12H20N2O3. The summed E-state index contributed by atoms with van der Waals surface area (Å²) in [6, 6.07) is 0. The van der Waals surface area contributed by atoms with Gasteiger partial charge in [-0.2, -0.15) is 0 Å². The van der Waals surface area contributed by atoms with E-state index in [1.54, 1.807) is 18.1 Å². The van der Waals surface area contributed by atoms with Gasteiger partial charge in [0.2, 0.25) is 11.8 Å². The lowest BCUT2D eigenvalue weighted by molar-refractivity contribution is -0.128. The molecule has 0 bridgehead atoms. The Morgan fingerprint density at radius 3 is 3.12 bits per heavy atom. The summed E-state index contributed by atoms with van der Waals surface area (Å²) in [5, 5.41) is 2.82. The Morgan fingerprint density at radius 1 is 1.71 bits per heavy atom. The van der Waals surface area contributed by atoms with Gasteiger partial charge < -0.3 is 15.0 Å². The Kier molecular flexibility index (Phi) is 5.69. The molecule has 1 heterocycles. The Balaban J connectivity index is 2.29. The molecule has 0 aromatic carbocycles. The van der Waals surface area contributed by atoms with Crippen LogP contribution in [0.2, 0.25) is 0 Å². The van der Waals surface area contributed by atoms with Crippen molar-refractivity contribution in [1.29, 1.82) is 0 Å². The van der Waals surface area contributed by atoms with Crippen LogP contribution in [0.4, 0.5) is 0 Å². The van der Waals surface area contributed by atoms with Crippen molar-refractivity contribution >= 4 is 11.8 Å². The Bertz CT molecular complexity index is 291. The quantitative estimate of drug-likeness (QED) is 0.510. The molecule has 1 aliphatic heterocycles. The summed E-state index contributed by atoms with van der Waals surface area (Å²) in [6.07, 6.45) is 2.78. The smallest absolute Gasteiger partial charge is 0.225 e. The van der Waals surface area contributed by atoms with E-state index in [2.05, 4.69) is 11.9 Å². The lowest BCUT2D eigenvalue weighted by Crippen LogP contribution is -2.33. The summed E-state index contributed by atoms with van der Waals surface area (Å²) >= 11 is 0. The highest BCUT2D eigenvalue weighted by molar-refractivity contribution is 5.89. The van der Waals surface area contributed by atoms with E-state index >= 15 is 0 Å². The van der Waals surface area contributed by atoms with E-state index in [1.165, 1.54) is 0 Å². The minimum Gasteiger partial charge on any atom is -0.385 e. The van der Waals surface area contributed by atoms with Crippen LogP contribution in [0.1, 0.15) is 12.8 Å². The Labute approximate surface area is 102 Å². The molecule has 17 heavy (non-hydrogen) atoms. The van der Waals surface area contributed by atoms with E-state index in [1.807, 2.05) is 0 Å². The monoisotopic (exact) mass is 240 g/mol. The van der Waals surface area contributed by atoms with Crippen LogP contribution in [0.25, 0.3) is 0 Å². The molecule has 1 fully saturated rings. The number of nitrogens with one attached hydrogen (secondary N) is 1. The van der Waals surface area contributed by atoms with Crippen molar-refractivity contribution in [3.63, 3.8) is 0 Å². The third kappa shape index (κ3) is 4.19. The number of amides is 2. The fourth-order valence-corrected chi connectivity index (χ4v) is 1.85. The van der Waals surface area contributed by atoms with Gasteiger partial charge in [0, 0.05) is 39.8 Å². The molecule has 1 unspecified atom stereocenters. The summed E-state index contributed by atoms with van der Waals surface area (Å²) < 4.78 is 4.89. The van der Waals surface area contributed by atoms with Gasteiger partial charge in [-0.25, -0.2) is 0 Å². The topological polar surface area (TPSA) is 58.6 Å². The maximum Gasteiger partial charge on any atom is 0.225 e. The number of rotatable bonds is 7. The first-order valence-corrected chi connectivity index (χ1v) is 5.84. The zero-order valence-electron chi connectivity index (χ0n) is 10.3. The van der Waals surface area contributed by atoms with Crippen LogP contribution < -0.4 is 5.32 Å². The molecule has 5 heteroatoms. The summed E-state index contributed by atoms with van der Waals surface area (Å²) in [5.41, 5.74) is 0. The predicted molar refractivity (Wildman–Crippen MR) is 64.4 cm³/mol. The standard InChI is InChI=1S/C12H20N2O3/c1-3-6-14-9-10(8-11(14)15)12(16)13-5-4-7-17-2/h3,10H,1,4-9H2,2H3,(H,13,16). The van der Waals surface area contributed by atoms with Crippen LogP contribution in [0.5, 0.6) is 0 Å². The van der Waals surface area contributed by atoms with Gasteiger partial charge in [-0.15, -0.1) is 6.58 Å². The predicted octanol–water partition coefficient (Wildman–Crippen LogP) is 0.174. The molecule has 1 saturated heterocycles. The molecule has 0 aliphatic carbocycles.